The van der Waals surface area contributed by atoms with Gasteiger partial charge in [0.25, 0.3) is 0 Å². The van der Waals surface area contributed by atoms with Crippen LogP contribution in [0.1, 0.15) is 34.3 Å². The molecule has 0 aliphatic heterocycles. The molecule has 1 aliphatic rings. The van der Waals surface area contributed by atoms with Crippen LogP contribution in [0.3, 0.4) is 0 Å². The number of pyridine rings is 1. The van der Waals surface area contributed by atoms with Gasteiger partial charge in [-0.1, -0.05) is 18.2 Å². The number of carboxylic acids is 1. The van der Waals surface area contributed by atoms with Crippen LogP contribution < -0.4 is 10.1 Å². The van der Waals surface area contributed by atoms with Crippen molar-refractivity contribution in [2.75, 3.05) is 6.61 Å². The number of hydrogen-bond donors (Lipinski definition) is 2. The molecule has 5 heteroatoms. The second kappa shape index (κ2) is 7.24. The van der Waals surface area contributed by atoms with Gasteiger partial charge in [0.2, 0.25) is 5.88 Å². The van der Waals surface area contributed by atoms with E-state index in [1.165, 1.54) is 12.8 Å². The van der Waals surface area contributed by atoms with E-state index in [-0.39, 0.29) is 0 Å². The number of hydrogen-bond acceptors (Lipinski definition) is 4. The molecule has 1 aromatic carbocycles. The van der Waals surface area contributed by atoms with Gasteiger partial charge in [0.1, 0.15) is 0 Å². The van der Waals surface area contributed by atoms with Crippen LogP contribution in [0.4, 0.5) is 0 Å². The fourth-order valence-electron chi connectivity index (χ4n) is 2.20. The lowest BCUT2D eigenvalue weighted by atomic mass is 10.1. The molecule has 1 saturated carbocycles. The van der Waals surface area contributed by atoms with Crippen LogP contribution in [0, 0.1) is 5.92 Å². The van der Waals surface area contributed by atoms with E-state index in [2.05, 4.69) is 10.3 Å². The van der Waals surface area contributed by atoms with Gasteiger partial charge in [-0.15, -0.1) is 0 Å². The zero-order valence-corrected chi connectivity index (χ0v) is 12.9. The van der Waals surface area contributed by atoms with Gasteiger partial charge in [0, 0.05) is 25.4 Å². The van der Waals surface area contributed by atoms with E-state index < -0.39 is 5.97 Å². The Kier molecular flexibility index (Phi) is 4.88. The molecule has 120 valence electrons. The second-order valence-corrected chi connectivity index (χ2v) is 5.86. The minimum absolute atomic E-state index is 0.305. The molecule has 0 saturated heterocycles. The Morgan fingerprint density at radius 2 is 1.83 bits per heavy atom. The molecule has 0 spiro atoms. The summed E-state index contributed by atoms with van der Waals surface area (Å²) in [4.78, 5) is 15.1. The van der Waals surface area contributed by atoms with Crippen molar-refractivity contribution >= 4 is 5.97 Å². The summed E-state index contributed by atoms with van der Waals surface area (Å²) in [7, 11) is 0. The number of aromatic carboxylic acids is 1. The Bertz CT molecular complexity index is 649. The van der Waals surface area contributed by atoms with Gasteiger partial charge in [0.05, 0.1) is 12.2 Å². The van der Waals surface area contributed by atoms with Crippen LogP contribution >= 0.6 is 0 Å². The van der Waals surface area contributed by atoms with Crippen molar-refractivity contribution < 1.29 is 14.6 Å². The summed E-state index contributed by atoms with van der Waals surface area (Å²) in [6.45, 7) is 2.16. The molecule has 23 heavy (non-hydrogen) atoms. The molecule has 1 aliphatic carbocycles. The lowest BCUT2D eigenvalue weighted by Crippen LogP contribution is -2.13. The highest BCUT2D eigenvalue weighted by Crippen LogP contribution is 2.29. The van der Waals surface area contributed by atoms with Crippen LogP contribution in [0.25, 0.3) is 0 Å². The zero-order valence-electron chi connectivity index (χ0n) is 12.9. The van der Waals surface area contributed by atoms with Gasteiger partial charge >= 0.3 is 5.97 Å². The molecular weight excluding hydrogens is 292 g/mol. The van der Waals surface area contributed by atoms with Gasteiger partial charge in [-0.2, -0.15) is 0 Å². The fraction of sp³-hybridized carbons (Fsp3) is 0.333. The van der Waals surface area contributed by atoms with E-state index in [9.17, 15) is 4.79 Å². The number of aromatic nitrogens is 1. The number of nitrogens with zero attached hydrogens (tertiary/aromatic N) is 1. The smallest absolute Gasteiger partial charge is 0.335 e. The van der Waals surface area contributed by atoms with Crippen molar-refractivity contribution in [1.29, 1.82) is 0 Å². The van der Waals surface area contributed by atoms with Gasteiger partial charge in [-0.05, 0) is 42.0 Å². The first-order valence-electron chi connectivity index (χ1n) is 7.81. The maximum atomic E-state index is 10.8. The first kappa shape index (κ1) is 15.5. The van der Waals surface area contributed by atoms with Gasteiger partial charge in [-0.3, -0.25) is 0 Å². The lowest BCUT2D eigenvalue weighted by Gasteiger charge is -2.07. The molecule has 0 unspecified atom stereocenters. The molecule has 2 aromatic rings. The third-order valence-corrected chi connectivity index (χ3v) is 3.82. The number of carbonyl (C=O) groups is 1. The van der Waals surface area contributed by atoms with Crippen LogP contribution in [0.2, 0.25) is 0 Å². The summed E-state index contributed by atoms with van der Waals surface area (Å²) in [6.07, 6.45) is 4.37. The second-order valence-electron chi connectivity index (χ2n) is 5.86. The standard InChI is InChI=1S/C18H20N2O3/c21-18(22)16-6-3-13(4-7-16)9-19-10-15-5-8-17(20-11-15)23-12-14-1-2-14/h3-8,11,14,19H,1-2,9-10,12H2,(H,21,22). The zero-order chi connectivity index (χ0) is 16.1. The first-order chi connectivity index (χ1) is 11.2. The van der Waals surface area contributed by atoms with E-state index in [4.69, 9.17) is 9.84 Å². The average Bonchev–Trinajstić information content (AvgIpc) is 3.39. The minimum atomic E-state index is -0.903. The van der Waals surface area contributed by atoms with Crippen molar-refractivity contribution in [1.82, 2.24) is 10.3 Å². The predicted octanol–water partition coefficient (Wildman–Crippen LogP) is 2.86. The summed E-state index contributed by atoms with van der Waals surface area (Å²) in [5.41, 5.74) is 2.44. The highest BCUT2D eigenvalue weighted by Gasteiger charge is 2.21. The molecule has 5 nitrogen and oxygen atoms in total. The molecular formula is C18H20N2O3. The van der Waals surface area contributed by atoms with Crippen molar-refractivity contribution in [3.05, 3.63) is 59.3 Å². The lowest BCUT2D eigenvalue weighted by molar-refractivity contribution is 0.0697. The predicted molar refractivity (Wildman–Crippen MR) is 86.4 cm³/mol. The number of rotatable bonds is 8. The van der Waals surface area contributed by atoms with Crippen molar-refractivity contribution in [3.8, 4) is 5.88 Å². The monoisotopic (exact) mass is 312 g/mol. The molecule has 2 N–H and O–H groups in total. The highest BCUT2D eigenvalue weighted by molar-refractivity contribution is 5.87. The Morgan fingerprint density at radius 1 is 1.13 bits per heavy atom. The van der Waals surface area contributed by atoms with Gasteiger partial charge in [0.15, 0.2) is 0 Å². The summed E-state index contributed by atoms with van der Waals surface area (Å²) in [6, 6.07) is 10.8. The van der Waals surface area contributed by atoms with E-state index >= 15 is 0 Å². The largest absolute Gasteiger partial charge is 0.478 e. The Morgan fingerprint density at radius 3 is 2.43 bits per heavy atom. The Hall–Kier alpha value is -2.40. The molecule has 0 amide bonds. The quantitative estimate of drug-likeness (QED) is 0.784. The van der Waals surface area contributed by atoms with E-state index in [1.807, 2.05) is 30.5 Å². The SMILES string of the molecule is O=C(O)c1ccc(CNCc2ccc(OCC3CC3)nc2)cc1. The maximum Gasteiger partial charge on any atom is 0.335 e. The number of benzene rings is 1. The summed E-state index contributed by atoms with van der Waals surface area (Å²) >= 11 is 0. The minimum Gasteiger partial charge on any atom is -0.478 e. The van der Waals surface area contributed by atoms with Gasteiger partial charge < -0.3 is 15.2 Å². The summed E-state index contributed by atoms with van der Waals surface area (Å²) in [5, 5.41) is 12.2. The van der Waals surface area contributed by atoms with E-state index in [0.29, 0.717) is 24.5 Å². The number of carboxylic acid groups (broad SMARTS) is 1. The van der Waals surface area contributed by atoms with Crippen molar-refractivity contribution in [3.63, 3.8) is 0 Å². The maximum absolute atomic E-state index is 10.8. The molecule has 3 rings (SSSR count). The highest BCUT2D eigenvalue weighted by atomic mass is 16.5. The average molecular weight is 312 g/mol. The summed E-state index contributed by atoms with van der Waals surface area (Å²) < 4.78 is 5.61. The molecule has 1 aromatic heterocycles. The number of nitrogens with one attached hydrogen (secondary N) is 1. The summed E-state index contributed by atoms with van der Waals surface area (Å²) in [5.74, 6) is 0.509. The fourth-order valence-corrected chi connectivity index (χ4v) is 2.20. The molecule has 0 atom stereocenters. The van der Waals surface area contributed by atoms with Crippen LogP contribution in [-0.4, -0.2) is 22.7 Å². The Balaban J connectivity index is 1.43. The molecule has 1 heterocycles. The van der Waals surface area contributed by atoms with E-state index in [1.54, 1.807) is 12.1 Å². The third kappa shape index (κ3) is 4.79. The van der Waals surface area contributed by atoms with Crippen LogP contribution in [0.5, 0.6) is 5.88 Å². The normalized spacial score (nSPS) is 13.7. The molecule has 1 fully saturated rings. The van der Waals surface area contributed by atoms with Crippen LogP contribution in [-0.2, 0) is 13.1 Å². The van der Waals surface area contributed by atoms with Crippen LogP contribution in [0.15, 0.2) is 42.6 Å². The van der Waals surface area contributed by atoms with E-state index in [0.717, 1.165) is 23.7 Å². The Labute approximate surface area is 135 Å². The number of ether oxygens (including phenoxy) is 1. The van der Waals surface area contributed by atoms with Crippen molar-refractivity contribution in [2.24, 2.45) is 5.92 Å². The molecule has 0 bridgehead atoms. The third-order valence-electron chi connectivity index (χ3n) is 3.82. The van der Waals surface area contributed by atoms with Gasteiger partial charge in [-0.25, -0.2) is 9.78 Å². The first-order valence-corrected chi connectivity index (χ1v) is 7.81. The topological polar surface area (TPSA) is 71.5 Å². The van der Waals surface area contributed by atoms with Crippen molar-refractivity contribution in [2.45, 2.75) is 25.9 Å². The molecule has 0 radical (unpaired) electrons.